The number of likely N-dealkylation sites (N-methyl/N-ethyl adjacent to an activating group) is 1. The molecule has 0 saturated carbocycles. The Bertz CT molecular complexity index is 541. The van der Waals surface area contributed by atoms with Crippen LogP contribution in [0.1, 0.15) is 38.8 Å². The Morgan fingerprint density at radius 2 is 1.81 bits per heavy atom. The number of piperazine rings is 1. The SMILES string of the molecule is CCC(C)NC(=O)NCC(c1ccc(OC)cc1)N1CCN(CC)CC1. The van der Waals surface area contributed by atoms with Gasteiger partial charge in [0.25, 0.3) is 0 Å². The molecule has 2 amide bonds. The lowest BCUT2D eigenvalue weighted by Gasteiger charge is -2.39. The van der Waals surface area contributed by atoms with Crippen molar-refractivity contribution in [3.63, 3.8) is 0 Å². The van der Waals surface area contributed by atoms with E-state index in [4.69, 9.17) is 4.74 Å². The first-order chi connectivity index (χ1) is 12.6. The number of hydrogen-bond acceptors (Lipinski definition) is 4. The molecular weight excluding hydrogens is 328 g/mol. The maximum atomic E-state index is 12.2. The van der Waals surface area contributed by atoms with Crippen molar-refractivity contribution in [2.24, 2.45) is 0 Å². The van der Waals surface area contributed by atoms with Crippen LogP contribution in [0.5, 0.6) is 5.75 Å². The summed E-state index contributed by atoms with van der Waals surface area (Å²) < 4.78 is 5.28. The van der Waals surface area contributed by atoms with Gasteiger partial charge in [0.1, 0.15) is 5.75 Å². The largest absolute Gasteiger partial charge is 0.497 e. The Morgan fingerprint density at radius 3 is 2.35 bits per heavy atom. The van der Waals surface area contributed by atoms with Crippen LogP contribution < -0.4 is 15.4 Å². The highest BCUT2D eigenvalue weighted by molar-refractivity contribution is 5.74. The maximum Gasteiger partial charge on any atom is 0.315 e. The molecule has 146 valence electrons. The third-order valence-corrected chi connectivity index (χ3v) is 5.24. The molecule has 2 atom stereocenters. The summed E-state index contributed by atoms with van der Waals surface area (Å²) in [6.07, 6.45) is 0.925. The fraction of sp³-hybridized carbons (Fsp3) is 0.650. The zero-order valence-electron chi connectivity index (χ0n) is 16.6. The summed E-state index contributed by atoms with van der Waals surface area (Å²) in [6.45, 7) is 12.2. The van der Waals surface area contributed by atoms with Gasteiger partial charge in [0.15, 0.2) is 0 Å². The van der Waals surface area contributed by atoms with E-state index in [2.05, 4.69) is 46.4 Å². The minimum atomic E-state index is -0.0925. The van der Waals surface area contributed by atoms with Crippen molar-refractivity contribution in [1.29, 1.82) is 0 Å². The van der Waals surface area contributed by atoms with Gasteiger partial charge in [0.05, 0.1) is 13.2 Å². The average molecular weight is 363 g/mol. The zero-order valence-corrected chi connectivity index (χ0v) is 16.6. The number of carbonyl (C=O) groups excluding carboxylic acids is 1. The summed E-state index contributed by atoms with van der Waals surface area (Å²) in [5.41, 5.74) is 1.21. The van der Waals surface area contributed by atoms with Gasteiger partial charge >= 0.3 is 6.03 Å². The summed E-state index contributed by atoms with van der Waals surface area (Å²) in [5.74, 6) is 0.853. The van der Waals surface area contributed by atoms with E-state index in [9.17, 15) is 4.79 Å². The van der Waals surface area contributed by atoms with Crippen LogP contribution in [0.25, 0.3) is 0 Å². The van der Waals surface area contributed by atoms with Gasteiger partial charge in [0.2, 0.25) is 0 Å². The van der Waals surface area contributed by atoms with E-state index >= 15 is 0 Å². The van der Waals surface area contributed by atoms with Crippen molar-refractivity contribution < 1.29 is 9.53 Å². The standard InChI is InChI=1S/C20H34N4O2/c1-5-16(3)22-20(25)21-15-19(17-7-9-18(26-4)10-8-17)24-13-11-23(6-2)12-14-24/h7-10,16,19H,5-6,11-15H2,1-4H3,(H2,21,22,25). The van der Waals surface area contributed by atoms with Crippen LogP contribution in [0.2, 0.25) is 0 Å². The summed E-state index contributed by atoms with van der Waals surface area (Å²) in [4.78, 5) is 17.1. The number of ether oxygens (including phenoxy) is 1. The predicted molar refractivity (Wildman–Crippen MR) is 106 cm³/mol. The number of nitrogens with zero attached hydrogens (tertiary/aromatic N) is 2. The Labute approximate surface area is 157 Å². The van der Waals surface area contributed by atoms with Crippen LogP contribution in [0.4, 0.5) is 4.79 Å². The van der Waals surface area contributed by atoms with Gasteiger partial charge in [0, 0.05) is 38.8 Å². The van der Waals surface area contributed by atoms with Crippen LogP contribution in [0.15, 0.2) is 24.3 Å². The monoisotopic (exact) mass is 362 g/mol. The molecule has 1 aromatic rings. The topological polar surface area (TPSA) is 56.8 Å². The molecule has 2 unspecified atom stereocenters. The highest BCUT2D eigenvalue weighted by atomic mass is 16.5. The van der Waals surface area contributed by atoms with Crippen LogP contribution >= 0.6 is 0 Å². The molecule has 1 aromatic carbocycles. The molecule has 1 fully saturated rings. The summed E-state index contributed by atoms with van der Waals surface area (Å²) in [6, 6.07) is 8.44. The first-order valence-corrected chi connectivity index (χ1v) is 9.72. The molecule has 0 aliphatic carbocycles. The van der Waals surface area contributed by atoms with Crippen molar-refractivity contribution in [1.82, 2.24) is 20.4 Å². The molecule has 6 heteroatoms. The van der Waals surface area contributed by atoms with Crippen molar-refractivity contribution in [3.05, 3.63) is 29.8 Å². The van der Waals surface area contributed by atoms with E-state index in [1.165, 1.54) is 5.56 Å². The van der Waals surface area contributed by atoms with Gasteiger partial charge in [-0.05, 0) is 37.6 Å². The van der Waals surface area contributed by atoms with E-state index < -0.39 is 0 Å². The first-order valence-electron chi connectivity index (χ1n) is 9.72. The minimum Gasteiger partial charge on any atom is -0.497 e. The van der Waals surface area contributed by atoms with Crippen LogP contribution in [-0.2, 0) is 0 Å². The van der Waals surface area contributed by atoms with E-state index in [-0.39, 0.29) is 18.1 Å². The number of methoxy groups -OCH3 is 1. The second-order valence-corrected chi connectivity index (χ2v) is 6.92. The van der Waals surface area contributed by atoms with Crippen LogP contribution in [0, 0.1) is 0 Å². The lowest BCUT2D eigenvalue weighted by Crippen LogP contribution is -2.50. The molecule has 2 rings (SSSR count). The molecular formula is C20H34N4O2. The second-order valence-electron chi connectivity index (χ2n) is 6.92. The van der Waals surface area contributed by atoms with E-state index in [0.717, 1.165) is 44.9 Å². The normalized spacial score (nSPS) is 18.2. The lowest BCUT2D eigenvalue weighted by molar-refractivity contribution is 0.0989. The number of carbonyl (C=O) groups is 1. The Hall–Kier alpha value is -1.79. The second kappa shape index (κ2) is 10.4. The molecule has 6 nitrogen and oxygen atoms in total. The lowest BCUT2D eigenvalue weighted by atomic mass is 10.0. The number of urea groups is 1. The molecule has 1 aliphatic rings. The van der Waals surface area contributed by atoms with Gasteiger partial charge in [-0.25, -0.2) is 4.79 Å². The Balaban J connectivity index is 2.04. The zero-order chi connectivity index (χ0) is 18.9. The van der Waals surface area contributed by atoms with Gasteiger partial charge in [-0.1, -0.05) is 26.0 Å². The summed E-state index contributed by atoms with van der Waals surface area (Å²) >= 11 is 0. The number of benzene rings is 1. The third kappa shape index (κ3) is 5.88. The van der Waals surface area contributed by atoms with E-state index in [0.29, 0.717) is 6.54 Å². The molecule has 2 N–H and O–H groups in total. The first kappa shape index (κ1) is 20.5. The molecule has 1 heterocycles. The molecule has 0 spiro atoms. The molecule has 26 heavy (non-hydrogen) atoms. The van der Waals surface area contributed by atoms with Crippen molar-refractivity contribution >= 4 is 6.03 Å². The average Bonchev–Trinajstić information content (AvgIpc) is 2.69. The Kier molecular flexibility index (Phi) is 8.19. The van der Waals surface area contributed by atoms with Gasteiger partial charge in [-0.3, -0.25) is 4.90 Å². The highest BCUT2D eigenvalue weighted by Gasteiger charge is 2.25. The minimum absolute atomic E-state index is 0.0925. The number of rotatable bonds is 8. The summed E-state index contributed by atoms with van der Waals surface area (Å²) in [7, 11) is 1.68. The number of hydrogen-bond donors (Lipinski definition) is 2. The number of nitrogens with one attached hydrogen (secondary N) is 2. The van der Waals surface area contributed by atoms with Crippen molar-refractivity contribution in [3.8, 4) is 5.75 Å². The van der Waals surface area contributed by atoms with E-state index in [1.807, 2.05) is 19.1 Å². The fourth-order valence-electron chi connectivity index (χ4n) is 3.24. The maximum absolute atomic E-state index is 12.2. The fourth-order valence-corrected chi connectivity index (χ4v) is 3.24. The third-order valence-electron chi connectivity index (χ3n) is 5.24. The smallest absolute Gasteiger partial charge is 0.315 e. The highest BCUT2D eigenvalue weighted by Crippen LogP contribution is 2.24. The summed E-state index contributed by atoms with van der Waals surface area (Å²) in [5, 5.41) is 6.04. The van der Waals surface area contributed by atoms with Gasteiger partial charge in [-0.15, -0.1) is 0 Å². The predicted octanol–water partition coefficient (Wildman–Crippen LogP) is 2.47. The Morgan fingerprint density at radius 1 is 1.15 bits per heavy atom. The van der Waals surface area contributed by atoms with Crippen LogP contribution in [-0.4, -0.2) is 68.3 Å². The molecule has 0 bridgehead atoms. The van der Waals surface area contributed by atoms with Crippen LogP contribution in [0.3, 0.4) is 0 Å². The van der Waals surface area contributed by atoms with Gasteiger partial charge < -0.3 is 20.3 Å². The molecule has 0 aromatic heterocycles. The van der Waals surface area contributed by atoms with E-state index in [1.54, 1.807) is 7.11 Å². The van der Waals surface area contributed by atoms with Gasteiger partial charge in [-0.2, -0.15) is 0 Å². The van der Waals surface area contributed by atoms with Crippen molar-refractivity contribution in [2.45, 2.75) is 39.3 Å². The molecule has 1 saturated heterocycles. The number of amides is 2. The molecule has 1 aliphatic heterocycles. The quantitative estimate of drug-likeness (QED) is 0.746. The molecule has 0 radical (unpaired) electrons. The van der Waals surface area contributed by atoms with Crippen molar-refractivity contribution in [2.75, 3.05) is 46.4 Å².